The van der Waals surface area contributed by atoms with Gasteiger partial charge in [0.1, 0.15) is 11.9 Å². The number of cyclic esters (lactones) is 1. The van der Waals surface area contributed by atoms with E-state index >= 15 is 0 Å². The van der Waals surface area contributed by atoms with Crippen LogP contribution in [0.25, 0.3) is 0 Å². The Morgan fingerprint density at radius 3 is 2.40 bits per heavy atom. The normalized spacial score (nSPS) is 22.3. The zero-order valence-corrected chi connectivity index (χ0v) is 23.0. The molecule has 0 saturated heterocycles. The van der Waals surface area contributed by atoms with Gasteiger partial charge in [-0.15, -0.1) is 0 Å². The van der Waals surface area contributed by atoms with Crippen molar-refractivity contribution in [3.63, 3.8) is 0 Å². The molecule has 0 bridgehead atoms. The quantitative estimate of drug-likeness (QED) is 0.173. The minimum absolute atomic E-state index is 0.0460. The van der Waals surface area contributed by atoms with E-state index in [2.05, 4.69) is 38.2 Å². The smallest absolute Gasteiger partial charge is 0.331 e. The van der Waals surface area contributed by atoms with Gasteiger partial charge < -0.3 is 9.84 Å². The summed E-state index contributed by atoms with van der Waals surface area (Å²) in [5, 5.41) is 10.7. The molecule has 4 nitrogen and oxygen atoms in total. The van der Waals surface area contributed by atoms with Gasteiger partial charge in [-0.1, -0.05) is 86.9 Å². The number of carbonyl (C=O) groups is 2. The first-order valence-electron chi connectivity index (χ1n) is 12.9. The van der Waals surface area contributed by atoms with Gasteiger partial charge in [-0.2, -0.15) is 0 Å². The van der Waals surface area contributed by atoms with E-state index in [4.69, 9.17) is 4.74 Å². The first-order valence-corrected chi connectivity index (χ1v) is 12.9. The molecule has 1 N–H and O–H groups in total. The van der Waals surface area contributed by atoms with E-state index < -0.39 is 12.0 Å². The second-order valence-electron chi connectivity index (χ2n) is 10.2. The third-order valence-corrected chi connectivity index (χ3v) is 6.54. The summed E-state index contributed by atoms with van der Waals surface area (Å²) in [6, 6.07) is 0. The van der Waals surface area contributed by atoms with Crippen LogP contribution in [0.15, 0.2) is 71.4 Å². The third-order valence-electron chi connectivity index (χ3n) is 6.54. The van der Waals surface area contributed by atoms with Crippen LogP contribution < -0.4 is 0 Å². The van der Waals surface area contributed by atoms with E-state index in [9.17, 15) is 14.7 Å². The molecular weight excluding hydrogens is 436 g/mol. The summed E-state index contributed by atoms with van der Waals surface area (Å²) in [5.74, 6) is -0.448. The zero-order valence-electron chi connectivity index (χ0n) is 23.0. The maximum absolute atomic E-state index is 12.9. The molecule has 0 aromatic rings. The summed E-state index contributed by atoms with van der Waals surface area (Å²) >= 11 is 0. The molecule has 0 unspecified atom stereocenters. The molecule has 35 heavy (non-hydrogen) atoms. The highest BCUT2D eigenvalue weighted by molar-refractivity contribution is 5.85. The van der Waals surface area contributed by atoms with Crippen LogP contribution in [-0.2, 0) is 14.3 Å². The highest BCUT2D eigenvalue weighted by Crippen LogP contribution is 2.24. The second-order valence-corrected chi connectivity index (χ2v) is 10.2. The molecule has 4 heteroatoms. The van der Waals surface area contributed by atoms with Gasteiger partial charge in [0.25, 0.3) is 0 Å². The first kappa shape index (κ1) is 30.6. The van der Waals surface area contributed by atoms with Crippen molar-refractivity contribution in [3.8, 4) is 0 Å². The topological polar surface area (TPSA) is 63.6 Å². The Labute approximate surface area is 213 Å². The Hall–Kier alpha value is -2.46. The van der Waals surface area contributed by atoms with Crippen molar-refractivity contribution >= 4 is 11.8 Å². The predicted octanol–water partition coefficient (Wildman–Crippen LogP) is 7.08. The molecule has 0 spiro atoms. The lowest BCUT2D eigenvalue weighted by atomic mass is 9.83. The lowest BCUT2D eigenvalue weighted by Crippen LogP contribution is -2.34. The largest absolute Gasteiger partial charge is 0.455 e. The van der Waals surface area contributed by atoms with Gasteiger partial charge >= 0.3 is 5.97 Å². The van der Waals surface area contributed by atoms with E-state index in [0.717, 1.165) is 24.0 Å². The highest BCUT2D eigenvalue weighted by atomic mass is 16.5. The highest BCUT2D eigenvalue weighted by Gasteiger charge is 2.29. The lowest BCUT2D eigenvalue weighted by Gasteiger charge is -2.25. The molecule has 0 saturated carbocycles. The van der Waals surface area contributed by atoms with E-state index in [0.29, 0.717) is 12.3 Å². The number of rotatable bonds is 13. The van der Waals surface area contributed by atoms with Gasteiger partial charge in [-0.25, -0.2) is 4.79 Å². The van der Waals surface area contributed by atoms with Crippen molar-refractivity contribution < 1.29 is 19.4 Å². The minimum atomic E-state index is -0.643. The SMILES string of the molecule is C/C=C(\C)C[C@H](C)[C@@H](O)[C@H](C)C(=O)[C@H](C)/C=C(C)/C=C/C[C@@H](C)/C=C(C)\C=C\[C@H]1CC=CC(=O)O1. The second kappa shape index (κ2) is 15.5. The predicted molar refractivity (Wildman–Crippen MR) is 146 cm³/mol. The van der Waals surface area contributed by atoms with E-state index in [1.807, 2.05) is 65.8 Å². The van der Waals surface area contributed by atoms with Crippen LogP contribution in [-0.4, -0.2) is 29.1 Å². The van der Waals surface area contributed by atoms with Gasteiger partial charge in [0.05, 0.1) is 6.10 Å². The number of aliphatic hydroxyl groups is 1. The summed E-state index contributed by atoms with van der Waals surface area (Å²) < 4.78 is 5.24. The van der Waals surface area contributed by atoms with Crippen LogP contribution in [0.2, 0.25) is 0 Å². The molecule has 1 rings (SSSR count). The van der Waals surface area contributed by atoms with Gasteiger partial charge in [0, 0.05) is 24.3 Å². The van der Waals surface area contributed by atoms with Gasteiger partial charge in [0.2, 0.25) is 0 Å². The van der Waals surface area contributed by atoms with E-state index in [1.54, 1.807) is 0 Å². The Kier molecular flexibility index (Phi) is 13.6. The maximum Gasteiger partial charge on any atom is 0.331 e. The summed E-state index contributed by atoms with van der Waals surface area (Å²) in [5.41, 5.74) is 3.41. The van der Waals surface area contributed by atoms with Crippen molar-refractivity contribution in [2.45, 2.75) is 86.9 Å². The lowest BCUT2D eigenvalue weighted by molar-refractivity contribution is -0.141. The molecule has 1 heterocycles. The van der Waals surface area contributed by atoms with Crippen molar-refractivity contribution in [1.82, 2.24) is 0 Å². The minimum Gasteiger partial charge on any atom is -0.455 e. The number of hydrogen-bond acceptors (Lipinski definition) is 4. The van der Waals surface area contributed by atoms with Crippen LogP contribution in [0.1, 0.15) is 74.7 Å². The number of aliphatic hydroxyl groups excluding tert-OH is 1. The number of allylic oxidation sites excluding steroid dienone is 9. The number of Topliss-reactive ketones (excluding diaryl/α,β-unsaturated/α-hetero) is 1. The van der Waals surface area contributed by atoms with Crippen molar-refractivity contribution in [3.05, 3.63) is 71.4 Å². The van der Waals surface area contributed by atoms with Crippen LogP contribution >= 0.6 is 0 Å². The fraction of sp³-hybridized carbons (Fsp3) is 0.548. The molecule has 0 amide bonds. The van der Waals surface area contributed by atoms with Crippen molar-refractivity contribution in [2.75, 3.05) is 0 Å². The molecule has 0 aromatic carbocycles. The Morgan fingerprint density at radius 1 is 1.11 bits per heavy atom. The van der Waals surface area contributed by atoms with Gasteiger partial charge in [0.15, 0.2) is 0 Å². The van der Waals surface area contributed by atoms with E-state index in [-0.39, 0.29) is 29.7 Å². The molecule has 6 atom stereocenters. The average Bonchev–Trinajstić information content (AvgIpc) is 2.81. The molecule has 0 fully saturated rings. The van der Waals surface area contributed by atoms with E-state index in [1.165, 1.54) is 11.6 Å². The Bertz CT molecular complexity index is 884. The fourth-order valence-corrected chi connectivity index (χ4v) is 4.31. The van der Waals surface area contributed by atoms with Gasteiger partial charge in [-0.05, 0) is 58.4 Å². The number of esters is 1. The van der Waals surface area contributed by atoms with Crippen molar-refractivity contribution in [2.24, 2.45) is 23.7 Å². The molecule has 194 valence electrons. The number of ketones is 1. The van der Waals surface area contributed by atoms with Crippen LogP contribution in [0.3, 0.4) is 0 Å². The fourth-order valence-electron chi connectivity index (χ4n) is 4.31. The summed E-state index contributed by atoms with van der Waals surface area (Å²) in [7, 11) is 0. The standard InChI is InChI=1S/C31H46O4/c1-9-21(2)19-25(6)30(33)27(8)31(34)26(7)20-23(4)13-10-12-22(3)18-24(5)16-17-28-14-11-15-29(32)35-28/h9-11,13,15-18,20,22,25-28,30,33H,12,14,19H2,1-8H3/b13-10+,17-16+,21-9+,23-20+,24-18-/t22-,25+,26-,27+,28-,30-/m1/s1. The summed E-state index contributed by atoms with van der Waals surface area (Å²) in [6.07, 6.45) is 19.2. The number of ether oxygens (including phenoxy) is 1. The first-order chi connectivity index (χ1) is 16.4. The van der Waals surface area contributed by atoms with Crippen LogP contribution in [0.4, 0.5) is 0 Å². The molecule has 0 aliphatic carbocycles. The molecule has 1 aliphatic rings. The molecule has 0 radical (unpaired) electrons. The average molecular weight is 483 g/mol. The van der Waals surface area contributed by atoms with Gasteiger partial charge in [-0.3, -0.25) is 4.79 Å². The maximum atomic E-state index is 12.9. The van der Waals surface area contributed by atoms with Crippen molar-refractivity contribution in [1.29, 1.82) is 0 Å². The number of hydrogen-bond donors (Lipinski definition) is 1. The molecular formula is C31H46O4. The molecule has 0 aromatic heterocycles. The zero-order chi connectivity index (χ0) is 26.5. The Balaban J connectivity index is 2.59. The summed E-state index contributed by atoms with van der Waals surface area (Å²) in [4.78, 5) is 24.2. The Morgan fingerprint density at radius 2 is 1.77 bits per heavy atom. The number of carbonyl (C=O) groups excluding carboxylic acids is 2. The molecule has 1 aliphatic heterocycles. The van der Waals surface area contributed by atoms with Crippen LogP contribution in [0, 0.1) is 23.7 Å². The third kappa shape index (κ3) is 11.7. The monoisotopic (exact) mass is 482 g/mol. The summed E-state index contributed by atoms with van der Waals surface area (Å²) in [6.45, 7) is 16.0. The van der Waals surface area contributed by atoms with Crippen LogP contribution in [0.5, 0.6) is 0 Å².